The minimum atomic E-state index is -1.61. The molecule has 10 heteroatoms. The molecule has 2 fully saturated rings. The van der Waals surface area contributed by atoms with Crippen molar-refractivity contribution in [3.8, 4) is 0 Å². The number of carbonyl (C=O) groups is 1. The van der Waals surface area contributed by atoms with Crippen LogP contribution in [0.15, 0.2) is 35.2 Å². The molecule has 4 rings (SSSR count). The standard InChI is InChI=1S/C25H27ClF3NO4S/c1-24(2,33)23(32)25(34)13-4-5-14(25)9-16(8-13)35-20-7-12(3-6-17(20)26)22(31)30-15-10-18(27)21(29)19(28)11-15/h3,6-7,10-11,13-14,16,23,32-34H,4-5,8-9H2,1-2H3,(H,30,31)/t13-,14?,16-,23?,25+/m0/s1. The SMILES string of the molecule is CC(C)(O)C(O)[C@]1(O)C2CC[C@H]1C[C@H](Sc1cc(C(=O)Nc3cc(F)c(F)c(F)c3)ccc1Cl)C2. The van der Waals surface area contributed by atoms with E-state index in [1.807, 2.05) is 0 Å². The van der Waals surface area contributed by atoms with Crippen molar-refractivity contribution in [1.82, 2.24) is 0 Å². The van der Waals surface area contributed by atoms with E-state index in [2.05, 4.69) is 5.32 Å². The van der Waals surface area contributed by atoms with Crippen LogP contribution < -0.4 is 5.32 Å². The van der Waals surface area contributed by atoms with E-state index >= 15 is 0 Å². The van der Waals surface area contributed by atoms with Crippen LogP contribution >= 0.6 is 23.4 Å². The molecular formula is C25H27ClF3NO4S. The van der Waals surface area contributed by atoms with Crippen LogP contribution in [0.3, 0.4) is 0 Å². The van der Waals surface area contributed by atoms with Gasteiger partial charge in [0.1, 0.15) is 6.10 Å². The first-order chi connectivity index (χ1) is 16.3. The predicted octanol–water partition coefficient (Wildman–Crippen LogP) is 5.15. The molecule has 0 heterocycles. The van der Waals surface area contributed by atoms with Crippen molar-refractivity contribution < 1.29 is 33.3 Å². The van der Waals surface area contributed by atoms with Gasteiger partial charge in [0.2, 0.25) is 0 Å². The van der Waals surface area contributed by atoms with Gasteiger partial charge < -0.3 is 20.6 Å². The molecule has 2 aromatic rings. The Bertz CT molecular complexity index is 1110. The first kappa shape index (κ1) is 26.3. The highest BCUT2D eigenvalue weighted by molar-refractivity contribution is 8.00. The lowest BCUT2D eigenvalue weighted by Gasteiger charge is -2.48. The topological polar surface area (TPSA) is 89.8 Å². The zero-order valence-corrected chi connectivity index (χ0v) is 20.8. The molecule has 0 aliphatic heterocycles. The average molecular weight is 530 g/mol. The molecule has 2 aromatic carbocycles. The highest BCUT2D eigenvalue weighted by Gasteiger charge is 2.60. The van der Waals surface area contributed by atoms with Gasteiger partial charge in [-0.3, -0.25) is 4.79 Å². The summed E-state index contributed by atoms with van der Waals surface area (Å²) in [5.41, 5.74) is -2.81. The van der Waals surface area contributed by atoms with Crippen LogP contribution in [-0.4, -0.2) is 43.8 Å². The molecule has 4 N–H and O–H groups in total. The smallest absolute Gasteiger partial charge is 0.255 e. The minimum Gasteiger partial charge on any atom is -0.388 e. The second kappa shape index (κ2) is 9.59. The minimum absolute atomic E-state index is 0.0675. The number of carbonyl (C=O) groups excluding carboxylic acids is 1. The van der Waals surface area contributed by atoms with E-state index in [1.54, 1.807) is 12.1 Å². The zero-order chi connectivity index (χ0) is 25.7. The highest BCUT2D eigenvalue weighted by Crippen LogP contribution is 2.56. The van der Waals surface area contributed by atoms with E-state index < -0.39 is 40.7 Å². The third-order valence-corrected chi connectivity index (χ3v) is 8.85. The van der Waals surface area contributed by atoms with Crippen LogP contribution in [0.1, 0.15) is 49.9 Å². The molecule has 35 heavy (non-hydrogen) atoms. The van der Waals surface area contributed by atoms with Crippen molar-refractivity contribution in [2.24, 2.45) is 11.8 Å². The second-order valence-corrected chi connectivity index (χ2v) is 11.7. The lowest BCUT2D eigenvalue weighted by Crippen LogP contribution is -2.61. The van der Waals surface area contributed by atoms with Crippen LogP contribution in [0.25, 0.3) is 0 Å². The number of hydrogen-bond acceptors (Lipinski definition) is 5. The fourth-order valence-corrected chi connectivity index (χ4v) is 7.04. The Balaban J connectivity index is 1.48. The number of benzene rings is 2. The van der Waals surface area contributed by atoms with Gasteiger partial charge in [-0.1, -0.05) is 11.6 Å². The molecule has 1 amide bonds. The zero-order valence-electron chi connectivity index (χ0n) is 19.2. The Morgan fingerprint density at radius 3 is 2.26 bits per heavy atom. The summed E-state index contributed by atoms with van der Waals surface area (Å²) in [6.07, 6.45) is 1.42. The fraction of sp³-hybridized carbons (Fsp3) is 0.480. The molecule has 0 radical (unpaired) electrons. The summed E-state index contributed by atoms with van der Waals surface area (Å²) in [5.74, 6) is -5.44. The maximum Gasteiger partial charge on any atom is 0.255 e. The largest absolute Gasteiger partial charge is 0.388 e. The monoisotopic (exact) mass is 529 g/mol. The normalized spacial score (nSPS) is 27.1. The summed E-state index contributed by atoms with van der Waals surface area (Å²) in [5, 5.41) is 35.2. The van der Waals surface area contributed by atoms with Crippen molar-refractivity contribution >= 4 is 35.0 Å². The van der Waals surface area contributed by atoms with Crippen LogP contribution in [0.2, 0.25) is 5.02 Å². The summed E-state index contributed by atoms with van der Waals surface area (Å²) in [6, 6.07) is 6.00. The van der Waals surface area contributed by atoms with Crippen LogP contribution in [0.4, 0.5) is 18.9 Å². The van der Waals surface area contributed by atoms with Gasteiger partial charge in [0, 0.05) is 33.5 Å². The van der Waals surface area contributed by atoms with Gasteiger partial charge in [-0.2, -0.15) is 0 Å². The maximum absolute atomic E-state index is 13.5. The highest BCUT2D eigenvalue weighted by atomic mass is 35.5. The first-order valence-electron chi connectivity index (χ1n) is 11.4. The van der Waals surface area contributed by atoms with Gasteiger partial charge in [-0.15, -0.1) is 11.8 Å². The maximum atomic E-state index is 13.5. The second-order valence-electron chi connectivity index (χ2n) is 9.98. The van der Waals surface area contributed by atoms with E-state index in [0.717, 1.165) is 12.8 Å². The molecule has 0 spiro atoms. The van der Waals surface area contributed by atoms with E-state index in [4.69, 9.17) is 11.6 Å². The Kier molecular flexibility index (Phi) is 7.20. The summed E-state index contributed by atoms with van der Waals surface area (Å²) in [4.78, 5) is 13.3. The van der Waals surface area contributed by atoms with Crippen LogP contribution in [0.5, 0.6) is 0 Å². The molecule has 0 aromatic heterocycles. The van der Waals surface area contributed by atoms with E-state index in [1.165, 1.54) is 31.7 Å². The number of nitrogens with one attached hydrogen (secondary N) is 1. The van der Waals surface area contributed by atoms with Crippen molar-refractivity contribution in [1.29, 1.82) is 0 Å². The van der Waals surface area contributed by atoms with Crippen molar-refractivity contribution in [3.63, 3.8) is 0 Å². The molecule has 2 bridgehead atoms. The van der Waals surface area contributed by atoms with Crippen LogP contribution in [-0.2, 0) is 0 Å². The third kappa shape index (κ3) is 5.06. The Morgan fingerprint density at radius 2 is 1.71 bits per heavy atom. The van der Waals surface area contributed by atoms with Gasteiger partial charge >= 0.3 is 0 Å². The molecule has 5 atom stereocenters. The van der Waals surface area contributed by atoms with E-state index in [9.17, 15) is 33.3 Å². The number of amides is 1. The third-order valence-electron chi connectivity index (χ3n) is 7.10. The number of thioether (sulfide) groups is 1. The average Bonchev–Trinajstić information content (AvgIpc) is 2.94. The molecule has 2 saturated carbocycles. The molecule has 2 aliphatic rings. The van der Waals surface area contributed by atoms with Gasteiger partial charge in [-0.05, 0) is 69.6 Å². The van der Waals surface area contributed by atoms with Gasteiger partial charge in [0.05, 0.1) is 16.2 Å². The van der Waals surface area contributed by atoms with Crippen LogP contribution in [0, 0.1) is 29.3 Å². The molecule has 5 nitrogen and oxygen atoms in total. The molecule has 0 saturated heterocycles. The van der Waals surface area contributed by atoms with Gasteiger partial charge in [0.15, 0.2) is 17.5 Å². The summed E-state index contributed by atoms with van der Waals surface area (Å²) in [6.45, 7) is 2.97. The summed E-state index contributed by atoms with van der Waals surface area (Å²) >= 11 is 7.84. The van der Waals surface area contributed by atoms with Gasteiger partial charge in [-0.25, -0.2) is 13.2 Å². The Hall–Kier alpha value is -1.78. The number of aliphatic hydroxyl groups is 3. The molecule has 190 valence electrons. The summed E-state index contributed by atoms with van der Waals surface area (Å²) < 4.78 is 40.1. The van der Waals surface area contributed by atoms with Crippen molar-refractivity contribution in [2.45, 2.75) is 67.0 Å². The molecule has 2 unspecified atom stereocenters. The molecule has 2 aliphatic carbocycles. The lowest BCUT2D eigenvalue weighted by molar-refractivity contribution is -0.200. The number of fused-ring (bicyclic) bond motifs is 2. The van der Waals surface area contributed by atoms with Crippen molar-refractivity contribution in [3.05, 3.63) is 58.4 Å². The number of anilines is 1. The fourth-order valence-electron chi connectivity index (χ4n) is 5.40. The first-order valence-corrected chi connectivity index (χ1v) is 12.6. The summed E-state index contributed by atoms with van der Waals surface area (Å²) in [7, 11) is 0. The Labute approximate surface area is 210 Å². The van der Waals surface area contributed by atoms with E-state index in [0.29, 0.717) is 34.9 Å². The van der Waals surface area contributed by atoms with Gasteiger partial charge in [0.25, 0.3) is 5.91 Å². The van der Waals surface area contributed by atoms with E-state index in [-0.39, 0.29) is 28.3 Å². The number of hydrogen-bond donors (Lipinski definition) is 4. The lowest BCUT2D eigenvalue weighted by atomic mass is 9.68. The predicted molar refractivity (Wildman–Crippen MR) is 128 cm³/mol. The number of rotatable bonds is 6. The molecular weight excluding hydrogens is 503 g/mol. The number of halogens is 4. The number of aliphatic hydroxyl groups excluding tert-OH is 1. The Morgan fingerprint density at radius 1 is 1.14 bits per heavy atom. The van der Waals surface area contributed by atoms with Crippen molar-refractivity contribution in [2.75, 3.05) is 5.32 Å². The quantitative estimate of drug-likeness (QED) is 0.388.